The van der Waals surface area contributed by atoms with E-state index in [1.807, 2.05) is 25.1 Å². The number of hydrazine groups is 1. The number of pyridine rings is 1. The van der Waals surface area contributed by atoms with E-state index in [0.717, 1.165) is 5.56 Å². The van der Waals surface area contributed by atoms with E-state index in [0.29, 0.717) is 17.3 Å². The number of hydrogen-bond donors (Lipinski definition) is 4. The summed E-state index contributed by atoms with van der Waals surface area (Å²) in [6, 6.07) is 10.7. The third kappa shape index (κ3) is 4.21. The van der Waals surface area contributed by atoms with Gasteiger partial charge in [0.25, 0.3) is 5.91 Å². The van der Waals surface area contributed by atoms with Gasteiger partial charge in [0, 0.05) is 6.20 Å². The van der Waals surface area contributed by atoms with E-state index in [1.165, 1.54) is 12.5 Å². The van der Waals surface area contributed by atoms with Gasteiger partial charge in [0.05, 0.1) is 12.8 Å². The van der Waals surface area contributed by atoms with Crippen molar-refractivity contribution in [2.24, 2.45) is 0 Å². The fourth-order valence-electron chi connectivity index (χ4n) is 2.32. The molecule has 0 fully saturated rings. The lowest BCUT2D eigenvalue weighted by molar-refractivity contribution is 0.0957. The maximum Gasteiger partial charge on any atom is 0.288 e. The number of hydrogen-bond acceptors (Lipinski definition) is 8. The van der Waals surface area contributed by atoms with E-state index < -0.39 is 5.91 Å². The first kappa shape index (κ1) is 17.9. The molecule has 0 saturated carbocycles. The summed E-state index contributed by atoms with van der Waals surface area (Å²) in [5.74, 6) is 0.868. The molecule has 1 aromatic carbocycles. The van der Waals surface area contributed by atoms with E-state index in [4.69, 9.17) is 10.5 Å². The molecule has 138 valence electrons. The van der Waals surface area contributed by atoms with Crippen molar-refractivity contribution in [2.75, 3.05) is 23.6 Å². The van der Waals surface area contributed by atoms with Gasteiger partial charge in [0.15, 0.2) is 11.6 Å². The van der Waals surface area contributed by atoms with Crippen LogP contribution in [0.3, 0.4) is 0 Å². The number of aryl methyl sites for hydroxylation is 1. The predicted octanol–water partition coefficient (Wildman–Crippen LogP) is 2.27. The number of carbonyl (C=O) groups excluding carboxylic acids is 1. The summed E-state index contributed by atoms with van der Waals surface area (Å²) < 4.78 is 5.34. The molecule has 0 aliphatic heterocycles. The molecule has 0 spiro atoms. The minimum Gasteiger partial charge on any atom is -0.495 e. The highest BCUT2D eigenvalue weighted by Gasteiger charge is 2.12. The molecule has 27 heavy (non-hydrogen) atoms. The average molecular weight is 365 g/mol. The first-order valence-electron chi connectivity index (χ1n) is 8.08. The summed E-state index contributed by atoms with van der Waals surface area (Å²) in [7, 11) is 1.58. The molecule has 0 unspecified atom stereocenters. The van der Waals surface area contributed by atoms with Gasteiger partial charge in [-0.1, -0.05) is 12.1 Å². The van der Waals surface area contributed by atoms with Gasteiger partial charge >= 0.3 is 0 Å². The fraction of sp³-hybridized carbons (Fsp3) is 0.111. The van der Waals surface area contributed by atoms with Crippen molar-refractivity contribution < 1.29 is 9.53 Å². The van der Waals surface area contributed by atoms with E-state index >= 15 is 0 Å². The smallest absolute Gasteiger partial charge is 0.288 e. The normalized spacial score (nSPS) is 10.1. The number of amides is 1. The number of carbonyl (C=O) groups is 1. The fourth-order valence-corrected chi connectivity index (χ4v) is 2.32. The molecule has 2 aromatic heterocycles. The molecule has 3 aromatic rings. The van der Waals surface area contributed by atoms with Crippen LogP contribution in [-0.4, -0.2) is 28.0 Å². The molecule has 9 heteroatoms. The minimum absolute atomic E-state index is 0.238. The minimum atomic E-state index is -0.413. The first-order chi connectivity index (χ1) is 13.1. The number of nitrogens with one attached hydrogen (secondary N) is 3. The molecule has 1 amide bonds. The van der Waals surface area contributed by atoms with Crippen molar-refractivity contribution >= 4 is 28.9 Å². The number of nitrogens with two attached hydrogens (primary N) is 1. The second kappa shape index (κ2) is 8.00. The quantitative estimate of drug-likeness (QED) is 0.490. The Morgan fingerprint density at radius 2 is 1.93 bits per heavy atom. The number of benzene rings is 1. The Morgan fingerprint density at radius 1 is 1.11 bits per heavy atom. The molecule has 0 atom stereocenters. The maximum atomic E-state index is 12.1. The monoisotopic (exact) mass is 365 g/mol. The number of nitrogen functional groups attached to an aromatic ring is 1. The van der Waals surface area contributed by atoms with Gasteiger partial charge in [-0.25, -0.2) is 9.97 Å². The van der Waals surface area contributed by atoms with E-state index in [-0.39, 0.29) is 17.2 Å². The summed E-state index contributed by atoms with van der Waals surface area (Å²) in [5, 5.41) is 3.13. The van der Waals surface area contributed by atoms with Crippen LogP contribution in [0.2, 0.25) is 0 Å². The molecule has 0 saturated heterocycles. The highest BCUT2D eigenvalue weighted by atomic mass is 16.5. The van der Waals surface area contributed by atoms with Crippen molar-refractivity contribution in [3.05, 3.63) is 60.2 Å². The van der Waals surface area contributed by atoms with Crippen LogP contribution in [-0.2, 0) is 0 Å². The van der Waals surface area contributed by atoms with E-state index in [1.54, 1.807) is 25.3 Å². The second-order valence-corrected chi connectivity index (χ2v) is 5.61. The number of ether oxygens (including phenoxy) is 1. The third-order valence-electron chi connectivity index (χ3n) is 3.68. The van der Waals surface area contributed by atoms with Crippen LogP contribution in [0, 0.1) is 6.92 Å². The van der Waals surface area contributed by atoms with Gasteiger partial charge in [0.2, 0.25) is 0 Å². The Kier molecular flexibility index (Phi) is 5.31. The van der Waals surface area contributed by atoms with Crippen LogP contribution in [0.4, 0.5) is 23.0 Å². The standard InChI is InChI=1S/C18H19N7O2/c1-11-6-7-14(27-2)13(9-11)23-16-15(19)17(22-10-21-16)24-25-18(26)12-5-3-4-8-20-12/h3-10H,19H2,1-2H3,(H,25,26)(H2,21,22,23,24). The lowest BCUT2D eigenvalue weighted by atomic mass is 10.2. The number of anilines is 4. The summed E-state index contributed by atoms with van der Waals surface area (Å²) >= 11 is 0. The lowest BCUT2D eigenvalue weighted by Gasteiger charge is -2.15. The Hall–Kier alpha value is -3.88. The zero-order chi connectivity index (χ0) is 19.2. The van der Waals surface area contributed by atoms with Crippen molar-refractivity contribution in [1.82, 2.24) is 20.4 Å². The van der Waals surface area contributed by atoms with Crippen molar-refractivity contribution in [3.63, 3.8) is 0 Å². The average Bonchev–Trinajstić information content (AvgIpc) is 2.69. The molecule has 9 nitrogen and oxygen atoms in total. The van der Waals surface area contributed by atoms with Crippen LogP contribution in [0.15, 0.2) is 48.9 Å². The van der Waals surface area contributed by atoms with Crippen molar-refractivity contribution in [3.8, 4) is 5.75 Å². The highest BCUT2D eigenvalue weighted by Crippen LogP contribution is 2.31. The molecule has 3 rings (SSSR count). The molecular formula is C18H19N7O2. The third-order valence-corrected chi connectivity index (χ3v) is 3.68. The van der Waals surface area contributed by atoms with Crippen LogP contribution in [0.1, 0.15) is 16.1 Å². The Labute approximate surface area is 156 Å². The van der Waals surface area contributed by atoms with Gasteiger partial charge in [-0.3, -0.25) is 20.6 Å². The van der Waals surface area contributed by atoms with Gasteiger partial charge in [0.1, 0.15) is 23.5 Å². The number of methoxy groups -OCH3 is 1. The molecule has 0 bridgehead atoms. The topological polar surface area (TPSA) is 127 Å². The van der Waals surface area contributed by atoms with E-state index in [9.17, 15) is 4.79 Å². The first-order valence-corrected chi connectivity index (χ1v) is 8.08. The van der Waals surface area contributed by atoms with Crippen LogP contribution in [0.25, 0.3) is 0 Å². The predicted molar refractivity (Wildman–Crippen MR) is 103 cm³/mol. The second-order valence-electron chi connectivity index (χ2n) is 5.61. The van der Waals surface area contributed by atoms with E-state index in [2.05, 4.69) is 31.1 Å². The molecule has 0 radical (unpaired) electrons. The zero-order valence-electron chi connectivity index (χ0n) is 14.9. The Balaban J connectivity index is 1.76. The maximum absolute atomic E-state index is 12.1. The molecule has 0 aliphatic rings. The van der Waals surface area contributed by atoms with Gasteiger partial charge in [-0.05, 0) is 36.8 Å². The lowest BCUT2D eigenvalue weighted by Crippen LogP contribution is -2.31. The number of nitrogens with zero attached hydrogens (tertiary/aromatic N) is 3. The summed E-state index contributed by atoms with van der Waals surface area (Å²) in [6.07, 6.45) is 2.86. The van der Waals surface area contributed by atoms with Crippen molar-refractivity contribution in [1.29, 1.82) is 0 Å². The number of rotatable bonds is 6. The van der Waals surface area contributed by atoms with Gasteiger partial charge in [-0.15, -0.1) is 0 Å². The molecular weight excluding hydrogens is 346 g/mol. The van der Waals surface area contributed by atoms with Crippen molar-refractivity contribution in [2.45, 2.75) is 6.92 Å². The summed E-state index contributed by atoms with van der Waals surface area (Å²) in [6.45, 7) is 1.97. The summed E-state index contributed by atoms with van der Waals surface area (Å²) in [4.78, 5) is 24.3. The molecule has 2 heterocycles. The van der Waals surface area contributed by atoms with Gasteiger partial charge in [-0.2, -0.15) is 0 Å². The van der Waals surface area contributed by atoms with Gasteiger partial charge < -0.3 is 15.8 Å². The summed E-state index contributed by atoms with van der Waals surface area (Å²) in [5.41, 5.74) is 13.6. The van der Waals surface area contributed by atoms with Crippen LogP contribution in [0.5, 0.6) is 5.75 Å². The Morgan fingerprint density at radius 3 is 2.67 bits per heavy atom. The Bertz CT molecular complexity index is 948. The largest absolute Gasteiger partial charge is 0.495 e. The molecule has 0 aliphatic carbocycles. The van der Waals surface area contributed by atoms with Crippen LogP contribution >= 0.6 is 0 Å². The van der Waals surface area contributed by atoms with Crippen LogP contribution < -0.4 is 26.6 Å². The highest BCUT2D eigenvalue weighted by molar-refractivity contribution is 5.93. The molecule has 5 N–H and O–H groups in total. The SMILES string of the molecule is COc1ccc(C)cc1Nc1ncnc(NNC(=O)c2ccccn2)c1N. The number of aromatic nitrogens is 3. The zero-order valence-corrected chi connectivity index (χ0v) is 14.9.